The Kier molecular flexibility index (Phi) is 20.5. The quantitative estimate of drug-likeness (QED) is 0.0656. The van der Waals surface area contributed by atoms with Crippen LogP contribution in [0.25, 0.3) is 22.5 Å². The largest absolute Gasteiger partial charge is 0.573 e. The van der Waals surface area contributed by atoms with E-state index in [4.69, 9.17) is 38.0 Å². The van der Waals surface area contributed by atoms with Gasteiger partial charge < -0.3 is 52.2 Å². The number of H-pyrrole nitrogens is 2. The van der Waals surface area contributed by atoms with E-state index in [1.54, 1.807) is 73.6 Å². The average molecular weight is 1380 g/mol. The molecule has 0 bridgehead atoms. The molecule has 2 N–H and O–H groups in total. The van der Waals surface area contributed by atoms with Gasteiger partial charge in [-0.15, -0.1) is 39.5 Å². The van der Waals surface area contributed by atoms with E-state index in [1.165, 1.54) is 79.0 Å². The first-order chi connectivity index (χ1) is 44.7. The molecule has 0 aliphatic carbocycles. The minimum absolute atomic E-state index is 0.244. The maximum Gasteiger partial charge on any atom is 0.573 e. The number of aliphatic imine (C=N–C) groups is 1. The lowest BCUT2D eigenvalue weighted by Crippen LogP contribution is -2.41. The number of aromatic amines is 2. The molecule has 0 amide bonds. The van der Waals surface area contributed by atoms with E-state index in [0.717, 1.165) is 34.5 Å². The van der Waals surface area contributed by atoms with Crippen LogP contribution in [0.15, 0.2) is 189 Å². The Labute approximate surface area is 537 Å². The summed E-state index contributed by atoms with van der Waals surface area (Å²) in [5.41, 5.74) is 5.70. The number of ether oxygens (including phenoxy) is 6. The van der Waals surface area contributed by atoms with Crippen LogP contribution in [0.1, 0.15) is 82.0 Å². The first kappa shape index (κ1) is 66.9. The van der Waals surface area contributed by atoms with Crippen LogP contribution in [0, 0.1) is 0 Å². The molecule has 0 saturated carbocycles. The van der Waals surface area contributed by atoms with E-state index in [1.807, 2.05) is 12.3 Å². The summed E-state index contributed by atoms with van der Waals surface area (Å²) in [5.74, 6) is 1.66. The molecule has 5 aliphatic rings. The predicted octanol–water partition coefficient (Wildman–Crippen LogP) is 14.7. The van der Waals surface area contributed by atoms with Gasteiger partial charge in [0.15, 0.2) is 18.3 Å². The normalized spacial score (nSPS) is 18.4. The highest BCUT2D eigenvalue weighted by atomic mass is 79.9. The van der Waals surface area contributed by atoms with Crippen LogP contribution in [-0.4, -0.2) is 103 Å². The number of alkyl halides is 9. The first-order valence-electron chi connectivity index (χ1n) is 28.1. The van der Waals surface area contributed by atoms with E-state index in [9.17, 15) is 39.5 Å². The van der Waals surface area contributed by atoms with Crippen molar-refractivity contribution in [3.8, 4) is 57.0 Å². The smallest absolute Gasteiger partial charge is 0.438 e. The van der Waals surface area contributed by atoms with Crippen molar-refractivity contribution >= 4 is 47.0 Å². The molecule has 94 heavy (non-hydrogen) atoms. The average Bonchev–Trinajstić information content (AvgIpc) is 1.63. The molecular formula is C61H52BBrF9N11O11. The van der Waals surface area contributed by atoms with Gasteiger partial charge in [-0.25, -0.2) is 4.98 Å². The van der Waals surface area contributed by atoms with Crippen LogP contribution < -0.4 is 28.4 Å². The Morgan fingerprint density at radius 3 is 1.11 bits per heavy atom. The second kappa shape index (κ2) is 28.9. The van der Waals surface area contributed by atoms with E-state index >= 15 is 0 Å². The number of hydrogen-bond acceptors (Lipinski definition) is 20. The molecule has 1 fully saturated rings. The Bertz CT molecular complexity index is 3770. The third-order valence-electron chi connectivity index (χ3n) is 14.0. The van der Waals surface area contributed by atoms with Gasteiger partial charge >= 0.3 is 26.2 Å². The van der Waals surface area contributed by atoms with Crippen molar-refractivity contribution in [3.05, 3.63) is 185 Å². The van der Waals surface area contributed by atoms with Gasteiger partial charge in [0.2, 0.25) is 17.7 Å². The number of nitrogens with zero attached hydrogens (tertiary/aromatic N) is 9. The minimum atomic E-state index is -4.73. The van der Waals surface area contributed by atoms with Gasteiger partial charge in [-0.05, 0) is 139 Å². The minimum Gasteiger partial charge on any atom is -0.438 e. The van der Waals surface area contributed by atoms with Gasteiger partial charge in [-0.3, -0.25) is 25.2 Å². The van der Waals surface area contributed by atoms with Crippen molar-refractivity contribution in [2.45, 2.75) is 95.6 Å². The summed E-state index contributed by atoms with van der Waals surface area (Å²) in [4.78, 5) is 32.6. The predicted molar refractivity (Wildman–Crippen MR) is 322 cm³/mol. The molecule has 490 valence electrons. The summed E-state index contributed by atoms with van der Waals surface area (Å²) >= 11 is 3.22. The second-order valence-corrected chi connectivity index (χ2v) is 22.2. The van der Waals surface area contributed by atoms with E-state index < -0.39 is 37.4 Å². The summed E-state index contributed by atoms with van der Waals surface area (Å²) in [6, 6.07) is 26.8. The fourth-order valence-corrected chi connectivity index (χ4v) is 9.01. The monoisotopic (exact) mass is 1380 g/mol. The highest BCUT2D eigenvalue weighted by Crippen LogP contribution is 2.39. The van der Waals surface area contributed by atoms with Crippen molar-refractivity contribution in [1.82, 2.24) is 35.3 Å². The van der Waals surface area contributed by atoms with Gasteiger partial charge in [0.05, 0.1) is 79.4 Å². The molecule has 5 aromatic heterocycles. The molecular weight excluding hydrogens is 1320 g/mol. The number of halogens is 10. The van der Waals surface area contributed by atoms with Gasteiger partial charge in [-0.2, -0.15) is 10.2 Å². The fraction of sp³-hybridized carbons (Fsp3) is 0.262. The lowest BCUT2D eigenvalue weighted by atomic mass is 9.79. The fourth-order valence-electron chi connectivity index (χ4n) is 8.78. The van der Waals surface area contributed by atoms with Crippen LogP contribution in [0.4, 0.5) is 39.5 Å². The highest BCUT2D eigenvalue weighted by Gasteiger charge is 2.52. The number of nitrogens with one attached hydrogen (secondary N) is 2. The topological polar surface area (TPSA) is 247 Å². The van der Waals surface area contributed by atoms with Crippen LogP contribution >= 0.6 is 15.9 Å². The molecule has 22 nitrogen and oxygen atoms in total. The molecule has 1 saturated heterocycles. The zero-order chi connectivity index (χ0) is 66.7. The van der Waals surface area contributed by atoms with Crippen LogP contribution in [0.2, 0.25) is 0 Å². The SMILES string of the molecule is CC1(C)OB(C2=CCN=C2)OC1(C)C.FC(F)(F)Oc1ccc(C2CC(Oc3ccc(Br)nc3)=NO2)cc1.FC(F)(F)Oc1ccc([C@@H]2CC(Oc3ccc(-c4cn[nH]c4)nc3)=NO2)cc1.FC(F)(F)Oc1ccc([C@H]2CC(Oc3ccc(-c4cn[nH]c4)nc3)=NO2)cc1. The number of pyridine rings is 3. The zero-order valence-corrected chi connectivity index (χ0v) is 51.1. The number of hydrogen-bond donors (Lipinski definition) is 2. The van der Waals surface area contributed by atoms with Crippen LogP contribution in [0.5, 0.6) is 34.5 Å². The Hall–Kier alpha value is -10.0. The second-order valence-electron chi connectivity index (χ2n) is 21.3. The van der Waals surface area contributed by atoms with E-state index in [2.05, 4.69) is 114 Å². The molecule has 0 spiro atoms. The molecule has 5 aliphatic heterocycles. The van der Waals surface area contributed by atoms with Crippen molar-refractivity contribution in [2.75, 3.05) is 6.54 Å². The summed E-state index contributed by atoms with van der Waals surface area (Å²) in [7, 11) is -0.244. The number of allylic oxidation sites excluding steroid dienone is 1. The summed E-state index contributed by atoms with van der Waals surface area (Å²) in [6.07, 6.45) is 0.838. The number of aromatic nitrogens is 7. The van der Waals surface area contributed by atoms with Crippen molar-refractivity contribution < 1.29 is 91.8 Å². The summed E-state index contributed by atoms with van der Waals surface area (Å²) < 4.78 is 150. The molecule has 8 aromatic rings. The Balaban J connectivity index is 0.000000140. The highest BCUT2D eigenvalue weighted by molar-refractivity contribution is 9.10. The molecule has 10 heterocycles. The molecule has 3 aromatic carbocycles. The molecule has 13 rings (SSSR count). The van der Waals surface area contributed by atoms with Gasteiger partial charge in [0.1, 0.15) is 39.1 Å². The lowest BCUT2D eigenvalue weighted by Gasteiger charge is -2.32. The Morgan fingerprint density at radius 1 is 0.468 bits per heavy atom. The summed E-state index contributed by atoms with van der Waals surface area (Å²) in [6.45, 7) is 8.97. The molecule has 0 radical (unpaired) electrons. The zero-order valence-electron chi connectivity index (χ0n) is 49.5. The number of oxime groups is 3. The van der Waals surface area contributed by atoms with E-state index in [-0.39, 0.29) is 35.6 Å². The lowest BCUT2D eigenvalue weighted by molar-refractivity contribution is -0.275. The van der Waals surface area contributed by atoms with Gasteiger partial charge in [0, 0.05) is 29.7 Å². The standard InChI is InChI=1S/2C18H13F3N4O3.C15H10BrF3N2O3.C10H16BNO2/c2*19-18(20,21)27-13-3-1-11(2-4-13)16-7-17(25-28-16)26-14-5-6-15(22-10-14)12-8-23-24-9-12;16-13-6-5-11(8-20-13)22-14-7-12(24-21-14)9-1-3-10(4-2-9)23-15(17,18)19;1-9(2)10(3,4)14-11(13-9)8-5-6-12-7-8/h2*1-6,8-10,16H,7H2,(H,23,24);1-6,8,12H,7H2;5,7H,6H2,1-4H3/t2*16-;;/m10../s1. The number of benzene rings is 3. The van der Waals surface area contributed by atoms with Crippen molar-refractivity contribution in [3.63, 3.8) is 0 Å². The first-order valence-corrected chi connectivity index (χ1v) is 28.9. The van der Waals surface area contributed by atoms with Crippen molar-refractivity contribution in [1.29, 1.82) is 0 Å². The van der Waals surface area contributed by atoms with Gasteiger partial charge in [0.25, 0.3) is 0 Å². The number of rotatable bonds is 12. The maximum atomic E-state index is 12.2. The third-order valence-corrected chi connectivity index (χ3v) is 14.5. The van der Waals surface area contributed by atoms with Crippen LogP contribution in [0.3, 0.4) is 0 Å². The molecule has 33 heteroatoms. The van der Waals surface area contributed by atoms with Crippen LogP contribution in [-0.2, 0) is 23.8 Å². The molecule has 3 atom stereocenters. The van der Waals surface area contributed by atoms with Crippen molar-refractivity contribution in [2.24, 2.45) is 20.5 Å². The third kappa shape index (κ3) is 19.1. The summed E-state index contributed by atoms with van der Waals surface area (Å²) in [5, 5.41) is 24.8. The Morgan fingerprint density at radius 2 is 0.819 bits per heavy atom. The van der Waals surface area contributed by atoms with E-state index in [0.29, 0.717) is 75.5 Å². The maximum absolute atomic E-state index is 12.2. The van der Waals surface area contributed by atoms with Gasteiger partial charge in [-0.1, -0.05) is 57.9 Å². The molecule has 1 unspecified atom stereocenters.